The number of nitrogen functional groups attached to an aromatic ring is 1. The SMILES string of the molecule is COC(=O)c1c(NCC2CC2)nn(-c2ccncc2)c1N. The molecule has 0 bridgehead atoms. The Hall–Kier alpha value is -2.57. The van der Waals surface area contributed by atoms with E-state index in [1.165, 1.54) is 24.6 Å². The van der Waals surface area contributed by atoms with Crippen molar-refractivity contribution < 1.29 is 9.53 Å². The largest absolute Gasteiger partial charge is 0.465 e. The third-order valence-corrected chi connectivity index (χ3v) is 3.47. The summed E-state index contributed by atoms with van der Waals surface area (Å²) in [5, 5.41) is 7.59. The molecule has 1 fully saturated rings. The Morgan fingerprint density at radius 1 is 1.48 bits per heavy atom. The molecule has 3 rings (SSSR count). The highest BCUT2D eigenvalue weighted by Gasteiger charge is 2.26. The first-order valence-corrected chi connectivity index (χ1v) is 6.81. The number of nitrogens with one attached hydrogen (secondary N) is 1. The zero-order chi connectivity index (χ0) is 14.8. The van der Waals surface area contributed by atoms with Gasteiger partial charge in [-0.2, -0.15) is 0 Å². The Labute approximate surface area is 122 Å². The number of nitrogens with two attached hydrogens (primary N) is 1. The Morgan fingerprint density at radius 2 is 2.19 bits per heavy atom. The van der Waals surface area contributed by atoms with E-state index in [1.807, 2.05) is 0 Å². The molecule has 0 radical (unpaired) electrons. The molecule has 21 heavy (non-hydrogen) atoms. The summed E-state index contributed by atoms with van der Waals surface area (Å²) in [5.41, 5.74) is 7.09. The molecule has 0 atom stereocenters. The Balaban J connectivity index is 1.98. The number of nitrogens with zero attached hydrogens (tertiary/aromatic N) is 3. The summed E-state index contributed by atoms with van der Waals surface area (Å²) in [6.07, 6.45) is 5.71. The van der Waals surface area contributed by atoms with E-state index in [1.54, 1.807) is 24.5 Å². The van der Waals surface area contributed by atoms with E-state index in [0.29, 0.717) is 11.7 Å². The normalized spacial score (nSPS) is 14.0. The van der Waals surface area contributed by atoms with Crippen LogP contribution in [-0.4, -0.2) is 34.4 Å². The van der Waals surface area contributed by atoms with Crippen LogP contribution in [0.2, 0.25) is 0 Å². The van der Waals surface area contributed by atoms with Crippen LogP contribution in [0, 0.1) is 5.92 Å². The van der Waals surface area contributed by atoms with Crippen LogP contribution >= 0.6 is 0 Å². The molecule has 0 aliphatic heterocycles. The maximum atomic E-state index is 12.0. The van der Waals surface area contributed by atoms with E-state index in [-0.39, 0.29) is 11.4 Å². The predicted octanol–water partition coefficient (Wildman–Crippen LogP) is 1.46. The van der Waals surface area contributed by atoms with Crippen LogP contribution in [0.4, 0.5) is 11.6 Å². The van der Waals surface area contributed by atoms with Gasteiger partial charge >= 0.3 is 5.97 Å². The minimum absolute atomic E-state index is 0.256. The molecule has 1 aliphatic rings. The minimum atomic E-state index is -0.494. The van der Waals surface area contributed by atoms with Gasteiger partial charge < -0.3 is 15.8 Å². The second-order valence-electron chi connectivity index (χ2n) is 5.04. The predicted molar refractivity (Wildman–Crippen MR) is 78.3 cm³/mol. The van der Waals surface area contributed by atoms with Crippen LogP contribution in [-0.2, 0) is 4.74 Å². The summed E-state index contributed by atoms with van der Waals surface area (Å²) in [4.78, 5) is 15.9. The molecule has 7 heteroatoms. The second kappa shape index (κ2) is 5.43. The van der Waals surface area contributed by atoms with Gasteiger partial charge in [-0.1, -0.05) is 0 Å². The quantitative estimate of drug-likeness (QED) is 0.808. The lowest BCUT2D eigenvalue weighted by atomic mass is 10.3. The molecule has 1 aliphatic carbocycles. The van der Waals surface area contributed by atoms with E-state index in [0.717, 1.165) is 12.2 Å². The van der Waals surface area contributed by atoms with Gasteiger partial charge in [0.25, 0.3) is 0 Å². The maximum Gasteiger partial charge on any atom is 0.345 e. The Morgan fingerprint density at radius 3 is 2.81 bits per heavy atom. The summed E-state index contributed by atoms with van der Waals surface area (Å²) in [6, 6.07) is 3.55. The highest BCUT2D eigenvalue weighted by molar-refractivity contribution is 5.99. The fraction of sp³-hybridized carbons (Fsp3) is 0.357. The van der Waals surface area contributed by atoms with Crippen molar-refractivity contribution in [3.8, 4) is 5.69 Å². The number of esters is 1. The van der Waals surface area contributed by atoms with Crippen LogP contribution < -0.4 is 11.1 Å². The van der Waals surface area contributed by atoms with Gasteiger partial charge in [-0.15, -0.1) is 5.10 Å². The number of carbonyl (C=O) groups is 1. The first-order valence-electron chi connectivity index (χ1n) is 6.81. The molecule has 2 heterocycles. The van der Waals surface area contributed by atoms with E-state index in [4.69, 9.17) is 10.5 Å². The van der Waals surface area contributed by atoms with Crippen LogP contribution in [0.15, 0.2) is 24.5 Å². The van der Waals surface area contributed by atoms with Crippen LogP contribution in [0.3, 0.4) is 0 Å². The highest BCUT2D eigenvalue weighted by Crippen LogP contribution is 2.31. The molecule has 2 aromatic heterocycles. The average molecular weight is 287 g/mol. The number of methoxy groups -OCH3 is 1. The van der Waals surface area contributed by atoms with Gasteiger partial charge in [-0.3, -0.25) is 4.98 Å². The van der Waals surface area contributed by atoms with Crippen molar-refractivity contribution in [3.63, 3.8) is 0 Å². The molecular weight excluding hydrogens is 270 g/mol. The molecule has 0 aromatic carbocycles. The lowest BCUT2D eigenvalue weighted by Gasteiger charge is -2.03. The van der Waals surface area contributed by atoms with E-state index in [2.05, 4.69) is 15.4 Å². The first-order chi connectivity index (χ1) is 10.2. The van der Waals surface area contributed by atoms with Gasteiger partial charge in [0, 0.05) is 18.9 Å². The summed E-state index contributed by atoms with van der Waals surface area (Å²) in [5.74, 6) is 0.878. The van der Waals surface area contributed by atoms with E-state index < -0.39 is 5.97 Å². The van der Waals surface area contributed by atoms with E-state index >= 15 is 0 Å². The molecule has 0 saturated heterocycles. The molecule has 0 amide bonds. The first kappa shape index (κ1) is 13.4. The van der Waals surface area contributed by atoms with Crippen molar-refractivity contribution in [2.75, 3.05) is 24.7 Å². The monoisotopic (exact) mass is 287 g/mol. The van der Waals surface area contributed by atoms with Crippen molar-refractivity contribution in [1.82, 2.24) is 14.8 Å². The van der Waals surface area contributed by atoms with Crippen molar-refractivity contribution in [2.45, 2.75) is 12.8 Å². The lowest BCUT2D eigenvalue weighted by Crippen LogP contribution is -2.10. The average Bonchev–Trinajstić information content (AvgIpc) is 3.28. The third-order valence-electron chi connectivity index (χ3n) is 3.47. The third kappa shape index (κ3) is 2.67. The molecule has 110 valence electrons. The van der Waals surface area contributed by atoms with Crippen molar-refractivity contribution in [1.29, 1.82) is 0 Å². The fourth-order valence-corrected chi connectivity index (χ4v) is 2.10. The number of carbonyl (C=O) groups excluding carboxylic acids is 1. The summed E-state index contributed by atoms with van der Waals surface area (Å²) >= 11 is 0. The van der Waals surface area contributed by atoms with Gasteiger partial charge in [0.05, 0.1) is 12.8 Å². The molecule has 0 spiro atoms. The van der Waals surface area contributed by atoms with Gasteiger partial charge in [0.2, 0.25) is 0 Å². The molecular formula is C14H17N5O2. The lowest BCUT2D eigenvalue weighted by molar-refractivity contribution is 0.0603. The smallest absolute Gasteiger partial charge is 0.345 e. The number of hydrogen-bond donors (Lipinski definition) is 2. The molecule has 1 saturated carbocycles. The molecule has 0 unspecified atom stereocenters. The molecule has 7 nitrogen and oxygen atoms in total. The van der Waals surface area contributed by atoms with Gasteiger partial charge in [0.1, 0.15) is 11.4 Å². The summed E-state index contributed by atoms with van der Waals surface area (Å²) < 4.78 is 6.32. The highest BCUT2D eigenvalue weighted by atomic mass is 16.5. The zero-order valence-electron chi connectivity index (χ0n) is 11.7. The van der Waals surface area contributed by atoms with Crippen molar-refractivity contribution in [3.05, 3.63) is 30.1 Å². The topological polar surface area (TPSA) is 95.1 Å². The maximum absolute atomic E-state index is 12.0. The number of hydrogen-bond acceptors (Lipinski definition) is 6. The summed E-state index contributed by atoms with van der Waals surface area (Å²) in [6.45, 7) is 0.788. The fourth-order valence-electron chi connectivity index (χ4n) is 2.10. The molecule has 2 aromatic rings. The van der Waals surface area contributed by atoms with Crippen LogP contribution in [0.5, 0.6) is 0 Å². The number of aromatic nitrogens is 3. The minimum Gasteiger partial charge on any atom is -0.465 e. The van der Waals surface area contributed by atoms with Gasteiger partial charge in [-0.25, -0.2) is 9.48 Å². The van der Waals surface area contributed by atoms with Gasteiger partial charge in [-0.05, 0) is 30.9 Å². The summed E-state index contributed by atoms with van der Waals surface area (Å²) in [7, 11) is 1.33. The Kier molecular flexibility index (Phi) is 3.47. The van der Waals surface area contributed by atoms with E-state index in [9.17, 15) is 4.79 Å². The standard InChI is InChI=1S/C14H17N5O2/c1-21-14(20)11-12(15)19(10-4-6-16-7-5-10)18-13(11)17-8-9-2-3-9/h4-7,9H,2-3,8,15H2,1H3,(H,17,18). The number of rotatable bonds is 5. The van der Waals surface area contributed by atoms with Crippen molar-refractivity contribution in [2.24, 2.45) is 5.92 Å². The second-order valence-corrected chi connectivity index (χ2v) is 5.04. The van der Waals surface area contributed by atoms with Crippen LogP contribution in [0.1, 0.15) is 23.2 Å². The van der Waals surface area contributed by atoms with Gasteiger partial charge in [0.15, 0.2) is 5.82 Å². The Bertz CT molecular complexity index is 649. The number of anilines is 2. The molecule has 3 N–H and O–H groups in total. The van der Waals surface area contributed by atoms with Crippen molar-refractivity contribution >= 4 is 17.6 Å². The van der Waals surface area contributed by atoms with Crippen LogP contribution in [0.25, 0.3) is 5.69 Å². The number of pyridine rings is 1. The number of ether oxygens (including phenoxy) is 1. The zero-order valence-corrected chi connectivity index (χ0v) is 11.7.